The summed E-state index contributed by atoms with van der Waals surface area (Å²) in [6.45, 7) is 27.9. The third-order valence-electron chi connectivity index (χ3n) is 12.2. The summed E-state index contributed by atoms with van der Waals surface area (Å²) in [4.78, 5) is 18.6. The number of thiophene rings is 1. The minimum absolute atomic E-state index is 0. The van der Waals surface area contributed by atoms with E-state index in [1.807, 2.05) is 65.1 Å². The summed E-state index contributed by atoms with van der Waals surface area (Å²) in [7, 11) is 0. The molecule has 6 rings (SSSR count). The van der Waals surface area contributed by atoms with Gasteiger partial charge in [0, 0.05) is 74.8 Å². The first-order chi connectivity index (χ1) is 25.9. The van der Waals surface area contributed by atoms with Crippen molar-refractivity contribution in [2.45, 2.75) is 128 Å². The molecule has 0 unspecified atom stereocenters. The van der Waals surface area contributed by atoms with Crippen molar-refractivity contribution < 1.29 is 34.4 Å². The number of aryl methyl sites for hydroxylation is 2. The molecule has 1 radical (unpaired) electrons. The van der Waals surface area contributed by atoms with E-state index in [1.54, 1.807) is 0 Å². The quantitative estimate of drug-likeness (QED) is 0.0798. The van der Waals surface area contributed by atoms with Crippen LogP contribution in [-0.2, 0) is 36.7 Å². The van der Waals surface area contributed by atoms with Gasteiger partial charge in [-0.25, -0.2) is 0 Å². The monoisotopic (exact) mass is 949 g/mol. The smallest absolute Gasteiger partial charge is 0.164 e. The number of carbonyl (C=O) groups is 1. The second kappa shape index (κ2) is 17.9. The summed E-state index contributed by atoms with van der Waals surface area (Å²) < 4.78 is 7.96. The van der Waals surface area contributed by atoms with Gasteiger partial charge in [-0.3, -0.25) is 9.78 Å². The number of carbonyl (C=O) groups excluding carboxylic acids is 1. The summed E-state index contributed by atoms with van der Waals surface area (Å²) in [5.41, 5.74) is 7.19. The molecule has 0 bridgehead atoms. The van der Waals surface area contributed by atoms with Crippen LogP contribution in [0.2, 0.25) is 0 Å². The molecule has 3 aromatic heterocycles. The van der Waals surface area contributed by atoms with E-state index in [-0.39, 0.29) is 47.9 Å². The number of fused-ring (bicyclic) bond motifs is 3. The Morgan fingerprint density at radius 3 is 2.12 bits per heavy atom. The van der Waals surface area contributed by atoms with Crippen LogP contribution in [-0.4, -0.2) is 15.9 Å². The average molecular weight is 949 g/mol. The topological polar surface area (TPSA) is 63.3 Å². The molecule has 1 N–H and O–H groups in total. The minimum atomic E-state index is -0.337. The Labute approximate surface area is 353 Å². The number of allylic oxidation sites excluding steroid dienone is 2. The summed E-state index contributed by atoms with van der Waals surface area (Å²) >= 11 is 1.92. The summed E-state index contributed by atoms with van der Waals surface area (Å²) in [5.74, 6) is 1.85. The number of rotatable bonds is 11. The number of furan rings is 1. The average Bonchev–Trinajstić information content (AvgIpc) is 3.68. The van der Waals surface area contributed by atoms with Crippen LogP contribution in [0.1, 0.15) is 123 Å². The normalized spacial score (nSPS) is 12.6. The van der Waals surface area contributed by atoms with Gasteiger partial charge in [-0.05, 0) is 80.5 Å². The Bertz CT molecular complexity index is 2340. The molecular formula is C50H62IrNO3S-. The van der Waals surface area contributed by atoms with Crippen molar-refractivity contribution in [3.63, 3.8) is 0 Å². The fraction of sp³-hybridized carbons (Fsp3) is 0.440. The number of benzene rings is 3. The number of hydrogen-bond acceptors (Lipinski definition) is 5. The van der Waals surface area contributed by atoms with Crippen LogP contribution < -0.4 is 0 Å². The van der Waals surface area contributed by atoms with Crippen molar-refractivity contribution in [3.05, 3.63) is 100 Å². The second-order valence-electron chi connectivity index (χ2n) is 17.3. The van der Waals surface area contributed by atoms with Gasteiger partial charge in [-0.2, -0.15) is 0 Å². The second-order valence-corrected chi connectivity index (χ2v) is 18.5. The van der Waals surface area contributed by atoms with Gasteiger partial charge in [0.25, 0.3) is 0 Å². The van der Waals surface area contributed by atoms with Crippen LogP contribution in [0.15, 0.2) is 77.0 Å². The third kappa shape index (κ3) is 8.94. The van der Waals surface area contributed by atoms with E-state index in [1.165, 1.54) is 43.1 Å². The van der Waals surface area contributed by atoms with Crippen LogP contribution in [0, 0.1) is 36.7 Å². The summed E-state index contributed by atoms with van der Waals surface area (Å²) in [6, 6.07) is 23.1. The predicted octanol–water partition coefficient (Wildman–Crippen LogP) is 15.1. The van der Waals surface area contributed by atoms with Gasteiger partial charge in [-0.1, -0.05) is 117 Å². The van der Waals surface area contributed by atoms with Gasteiger partial charge in [-0.15, -0.1) is 40.5 Å². The van der Waals surface area contributed by atoms with Crippen molar-refractivity contribution in [1.82, 2.24) is 4.98 Å². The van der Waals surface area contributed by atoms with E-state index in [4.69, 9.17) is 9.40 Å². The molecular weight excluding hydrogens is 887 g/mol. The fourth-order valence-corrected chi connectivity index (χ4v) is 8.87. The number of ketones is 1. The van der Waals surface area contributed by atoms with Gasteiger partial charge in [0.2, 0.25) is 0 Å². The molecule has 6 aromatic rings. The van der Waals surface area contributed by atoms with E-state index in [0.717, 1.165) is 71.0 Å². The van der Waals surface area contributed by atoms with Crippen molar-refractivity contribution in [3.8, 4) is 22.6 Å². The molecule has 0 fully saturated rings. The van der Waals surface area contributed by atoms with Gasteiger partial charge in [0.1, 0.15) is 17.1 Å². The zero-order valence-corrected chi connectivity index (χ0v) is 39.1. The summed E-state index contributed by atoms with van der Waals surface area (Å²) in [6.07, 6.45) is 7.72. The molecule has 3 heterocycles. The zero-order chi connectivity index (χ0) is 40.5. The molecule has 0 aliphatic rings. The molecule has 56 heavy (non-hydrogen) atoms. The number of nitrogens with zero attached hydrogens (tertiary/aromatic N) is 1. The zero-order valence-electron chi connectivity index (χ0n) is 35.9. The minimum Gasteiger partial charge on any atom is -0.512 e. The van der Waals surface area contributed by atoms with Crippen molar-refractivity contribution in [1.29, 1.82) is 0 Å². The van der Waals surface area contributed by atoms with E-state index < -0.39 is 0 Å². The molecule has 0 aliphatic carbocycles. The molecule has 0 saturated carbocycles. The largest absolute Gasteiger partial charge is 0.512 e. The van der Waals surface area contributed by atoms with Crippen molar-refractivity contribution in [2.75, 3.05) is 0 Å². The maximum absolute atomic E-state index is 12.2. The molecule has 6 heteroatoms. The maximum Gasteiger partial charge on any atom is 0.164 e. The number of hydrogen-bond donors (Lipinski definition) is 1. The standard InChI is InChI=1S/C35H34NOS.C15H28O2.Ir/c1-20(2)17-30-21(3)31-26(13-10-14-29(31)38-30)34-22(4)32-28(37-34)15-16-36-33(32)24-18-23-11-8-9-12-25(23)27(19-24)35(5,6)7;1-7-14(5,8-2)12(16)11-13(17)15(6,9-3)10-4;/h8-16,19-20H,17H2,1-7H3;11,16H,7-10H2,1-6H3;/q-1;;/b;12-11-;. The predicted molar refractivity (Wildman–Crippen MR) is 236 cm³/mol. The van der Waals surface area contributed by atoms with E-state index in [2.05, 4.69) is 103 Å². The molecule has 301 valence electrons. The Balaban J connectivity index is 0.000000330. The molecule has 0 amide bonds. The van der Waals surface area contributed by atoms with Gasteiger partial charge < -0.3 is 9.52 Å². The molecule has 4 nitrogen and oxygen atoms in total. The first-order valence-electron chi connectivity index (χ1n) is 20.2. The SMILES string of the molecule is CCC(C)(CC)C(=O)/C=C(\O)C(C)(CC)CC.Cc1c(-c2cccc3sc(CC(C)C)c(C)c23)oc2ccnc(-c3[c-]c4ccccc4c(C(C)(C)C)c3)c12.[Ir]. The number of pyridine rings is 1. The first-order valence-corrected chi connectivity index (χ1v) is 21.0. The van der Waals surface area contributed by atoms with Crippen LogP contribution in [0.5, 0.6) is 0 Å². The van der Waals surface area contributed by atoms with Crippen LogP contribution >= 0.6 is 11.3 Å². The maximum atomic E-state index is 12.2. The fourth-order valence-electron chi connectivity index (χ4n) is 7.42. The Kier molecular flexibility index (Phi) is 14.4. The number of aliphatic hydroxyl groups excluding tert-OH is 1. The van der Waals surface area contributed by atoms with E-state index >= 15 is 0 Å². The third-order valence-corrected chi connectivity index (χ3v) is 13.5. The van der Waals surface area contributed by atoms with Gasteiger partial charge >= 0.3 is 0 Å². The summed E-state index contributed by atoms with van der Waals surface area (Å²) in [5, 5.41) is 14.9. The molecule has 3 aromatic carbocycles. The Morgan fingerprint density at radius 1 is 0.875 bits per heavy atom. The van der Waals surface area contributed by atoms with Crippen LogP contribution in [0.25, 0.3) is 54.4 Å². The Hall–Kier alpha value is -3.57. The van der Waals surface area contributed by atoms with Crippen LogP contribution in [0.3, 0.4) is 0 Å². The first kappa shape index (κ1) is 45.1. The van der Waals surface area contributed by atoms with E-state index in [9.17, 15) is 9.90 Å². The number of aromatic nitrogens is 1. The molecule has 0 aliphatic heterocycles. The van der Waals surface area contributed by atoms with Crippen molar-refractivity contribution in [2.24, 2.45) is 16.7 Å². The number of aliphatic hydroxyl groups is 1. The van der Waals surface area contributed by atoms with Gasteiger partial charge in [0.05, 0.1) is 0 Å². The van der Waals surface area contributed by atoms with E-state index in [0.29, 0.717) is 5.92 Å². The molecule has 0 atom stereocenters. The van der Waals surface area contributed by atoms with Gasteiger partial charge in [0.15, 0.2) is 5.78 Å². The molecule has 0 saturated heterocycles. The Morgan fingerprint density at radius 2 is 1.52 bits per heavy atom. The van der Waals surface area contributed by atoms with Crippen LogP contribution in [0.4, 0.5) is 0 Å². The molecule has 0 spiro atoms. The van der Waals surface area contributed by atoms with Crippen molar-refractivity contribution >= 4 is 48.9 Å².